The normalized spacial score (nSPS) is 11.0. The lowest BCUT2D eigenvalue weighted by Gasteiger charge is -2.01. The lowest BCUT2D eigenvalue weighted by Crippen LogP contribution is -1.98. The summed E-state index contributed by atoms with van der Waals surface area (Å²) in [4.78, 5) is 8.52. The topological polar surface area (TPSA) is 69.6 Å². The molecule has 0 saturated heterocycles. The van der Waals surface area contributed by atoms with Crippen LogP contribution in [0.25, 0.3) is 28.0 Å². The Bertz CT molecular complexity index is 972. The maximum absolute atomic E-state index is 6.11. The largest absolute Gasteiger partial charge is 0.383 e. The van der Waals surface area contributed by atoms with Gasteiger partial charge in [0.2, 0.25) is 0 Å². The molecule has 0 bridgehead atoms. The van der Waals surface area contributed by atoms with E-state index in [2.05, 4.69) is 29.0 Å². The Kier molecular flexibility index (Phi) is 3.05. The average molecular weight is 301 g/mol. The number of nitrogen functional groups attached to an aromatic ring is 1. The molecule has 0 aliphatic rings. The van der Waals surface area contributed by atoms with Crippen LogP contribution in [0.4, 0.5) is 5.82 Å². The number of benzene rings is 2. The molecule has 4 rings (SSSR count). The van der Waals surface area contributed by atoms with E-state index in [4.69, 9.17) is 10.8 Å². The summed E-state index contributed by atoms with van der Waals surface area (Å²) in [6.07, 6.45) is 1.47. The zero-order chi connectivity index (χ0) is 15.8. The fraction of sp³-hybridized carbons (Fsp3) is 0.0556. The molecule has 0 aliphatic heterocycles. The van der Waals surface area contributed by atoms with Gasteiger partial charge in [-0.2, -0.15) is 5.10 Å². The molecule has 112 valence electrons. The average Bonchev–Trinajstić information content (AvgIpc) is 2.97. The third-order valence-electron chi connectivity index (χ3n) is 3.82. The van der Waals surface area contributed by atoms with Crippen molar-refractivity contribution in [2.45, 2.75) is 6.92 Å². The Balaban J connectivity index is 2.04. The van der Waals surface area contributed by atoms with E-state index in [0.717, 1.165) is 22.3 Å². The molecule has 0 radical (unpaired) electrons. The van der Waals surface area contributed by atoms with Crippen LogP contribution in [-0.2, 0) is 0 Å². The highest BCUT2D eigenvalue weighted by Gasteiger charge is 2.17. The molecule has 0 unspecified atom stereocenters. The first-order valence-electron chi connectivity index (χ1n) is 7.36. The summed E-state index contributed by atoms with van der Waals surface area (Å²) in [5, 5.41) is 5.53. The van der Waals surface area contributed by atoms with E-state index < -0.39 is 0 Å². The second kappa shape index (κ2) is 5.21. The van der Waals surface area contributed by atoms with Crippen LogP contribution in [0.5, 0.6) is 0 Å². The van der Waals surface area contributed by atoms with E-state index in [0.29, 0.717) is 11.5 Å². The molecule has 4 aromatic rings. The molecule has 0 saturated carbocycles. The van der Waals surface area contributed by atoms with Crippen molar-refractivity contribution in [2.75, 3.05) is 5.73 Å². The second-order valence-corrected chi connectivity index (χ2v) is 5.42. The SMILES string of the molecule is Cc1ccc(-c2nn(-c3ccccc3)c3ncnc(N)c23)cc1. The number of nitrogens with zero attached hydrogens (tertiary/aromatic N) is 4. The molecule has 2 aromatic heterocycles. The van der Waals surface area contributed by atoms with Gasteiger partial charge in [-0.05, 0) is 19.1 Å². The van der Waals surface area contributed by atoms with Crippen LogP contribution >= 0.6 is 0 Å². The molecule has 2 heterocycles. The molecule has 5 heteroatoms. The first-order chi connectivity index (χ1) is 11.2. The minimum absolute atomic E-state index is 0.438. The van der Waals surface area contributed by atoms with Crippen LogP contribution in [0.3, 0.4) is 0 Å². The molecular formula is C18H15N5. The number of nitrogens with two attached hydrogens (primary N) is 1. The predicted octanol–water partition coefficient (Wildman–Crippen LogP) is 3.37. The molecule has 0 amide bonds. The summed E-state index contributed by atoms with van der Waals surface area (Å²) in [6, 6.07) is 18.1. The third kappa shape index (κ3) is 2.23. The zero-order valence-corrected chi connectivity index (χ0v) is 12.6. The highest BCUT2D eigenvalue weighted by atomic mass is 15.3. The van der Waals surface area contributed by atoms with Crippen molar-refractivity contribution < 1.29 is 0 Å². The number of aryl methyl sites for hydroxylation is 1. The van der Waals surface area contributed by atoms with Gasteiger partial charge in [-0.15, -0.1) is 0 Å². The van der Waals surface area contributed by atoms with Gasteiger partial charge in [0.05, 0.1) is 11.1 Å². The van der Waals surface area contributed by atoms with Crippen molar-refractivity contribution in [3.05, 3.63) is 66.5 Å². The van der Waals surface area contributed by atoms with Crippen LogP contribution in [0.1, 0.15) is 5.56 Å². The lowest BCUT2D eigenvalue weighted by molar-refractivity contribution is 0.899. The zero-order valence-electron chi connectivity index (χ0n) is 12.6. The van der Waals surface area contributed by atoms with E-state index in [9.17, 15) is 0 Å². The van der Waals surface area contributed by atoms with Gasteiger partial charge in [-0.3, -0.25) is 0 Å². The standard InChI is InChI=1S/C18H15N5/c1-12-7-9-13(10-8-12)16-15-17(19)20-11-21-18(15)23(22-16)14-5-3-2-4-6-14/h2-11H,1H3,(H2,19,20,21). The number of rotatable bonds is 2. The van der Waals surface area contributed by atoms with E-state index in [1.165, 1.54) is 11.9 Å². The second-order valence-electron chi connectivity index (χ2n) is 5.42. The first kappa shape index (κ1) is 13.5. The molecule has 5 nitrogen and oxygen atoms in total. The molecule has 0 aliphatic carbocycles. The lowest BCUT2D eigenvalue weighted by atomic mass is 10.1. The Morgan fingerprint density at radius 3 is 2.39 bits per heavy atom. The molecular weight excluding hydrogens is 286 g/mol. The smallest absolute Gasteiger partial charge is 0.169 e. The van der Waals surface area contributed by atoms with Crippen molar-refractivity contribution in [1.82, 2.24) is 19.7 Å². The van der Waals surface area contributed by atoms with Gasteiger partial charge in [0.25, 0.3) is 0 Å². The molecule has 2 aromatic carbocycles. The third-order valence-corrected chi connectivity index (χ3v) is 3.82. The number of hydrogen-bond acceptors (Lipinski definition) is 4. The Morgan fingerprint density at radius 1 is 0.913 bits per heavy atom. The van der Waals surface area contributed by atoms with Crippen molar-refractivity contribution in [3.63, 3.8) is 0 Å². The summed E-state index contributed by atoms with van der Waals surface area (Å²) < 4.78 is 1.81. The highest BCUT2D eigenvalue weighted by Crippen LogP contribution is 2.31. The molecule has 2 N–H and O–H groups in total. The Morgan fingerprint density at radius 2 is 1.65 bits per heavy atom. The first-order valence-corrected chi connectivity index (χ1v) is 7.36. The van der Waals surface area contributed by atoms with Gasteiger partial charge >= 0.3 is 0 Å². The van der Waals surface area contributed by atoms with Crippen LogP contribution in [-0.4, -0.2) is 19.7 Å². The van der Waals surface area contributed by atoms with E-state index in [1.54, 1.807) is 0 Å². The van der Waals surface area contributed by atoms with Crippen molar-refractivity contribution in [1.29, 1.82) is 0 Å². The van der Waals surface area contributed by atoms with Gasteiger partial charge in [-0.25, -0.2) is 14.6 Å². The number of hydrogen-bond donors (Lipinski definition) is 1. The molecule has 23 heavy (non-hydrogen) atoms. The Hall–Kier alpha value is -3.21. The van der Waals surface area contributed by atoms with Crippen LogP contribution in [0, 0.1) is 6.92 Å². The van der Waals surface area contributed by atoms with E-state index in [-0.39, 0.29) is 0 Å². The number of fused-ring (bicyclic) bond motifs is 1. The van der Waals surface area contributed by atoms with E-state index >= 15 is 0 Å². The fourth-order valence-corrected chi connectivity index (χ4v) is 2.64. The summed E-state index contributed by atoms with van der Waals surface area (Å²) in [5.41, 5.74) is 10.7. The minimum atomic E-state index is 0.438. The predicted molar refractivity (Wildman–Crippen MR) is 91.2 cm³/mol. The van der Waals surface area contributed by atoms with Gasteiger partial charge in [0.1, 0.15) is 17.8 Å². The molecule has 0 fully saturated rings. The number of para-hydroxylation sites is 1. The van der Waals surface area contributed by atoms with Crippen LogP contribution in [0.15, 0.2) is 60.9 Å². The molecule has 0 atom stereocenters. The van der Waals surface area contributed by atoms with Gasteiger partial charge in [0, 0.05) is 5.56 Å². The van der Waals surface area contributed by atoms with Crippen LogP contribution < -0.4 is 5.73 Å². The van der Waals surface area contributed by atoms with Crippen molar-refractivity contribution in [3.8, 4) is 16.9 Å². The highest BCUT2D eigenvalue weighted by molar-refractivity contribution is 5.98. The maximum atomic E-state index is 6.11. The maximum Gasteiger partial charge on any atom is 0.169 e. The quantitative estimate of drug-likeness (QED) is 0.616. The van der Waals surface area contributed by atoms with Crippen molar-refractivity contribution in [2.24, 2.45) is 0 Å². The summed E-state index contributed by atoms with van der Waals surface area (Å²) in [6.45, 7) is 2.06. The monoisotopic (exact) mass is 301 g/mol. The minimum Gasteiger partial charge on any atom is -0.383 e. The Labute approximate surface area is 133 Å². The van der Waals surface area contributed by atoms with E-state index in [1.807, 2.05) is 47.1 Å². The van der Waals surface area contributed by atoms with Gasteiger partial charge in [0.15, 0.2) is 5.65 Å². The summed E-state index contributed by atoms with van der Waals surface area (Å²) in [5.74, 6) is 0.438. The van der Waals surface area contributed by atoms with Gasteiger partial charge < -0.3 is 5.73 Å². The fourth-order valence-electron chi connectivity index (χ4n) is 2.64. The van der Waals surface area contributed by atoms with Crippen LogP contribution in [0.2, 0.25) is 0 Å². The number of anilines is 1. The summed E-state index contributed by atoms with van der Waals surface area (Å²) >= 11 is 0. The van der Waals surface area contributed by atoms with Crippen molar-refractivity contribution >= 4 is 16.9 Å². The summed E-state index contributed by atoms with van der Waals surface area (Å²) in [7, 11) is 0. The number of aromatic nitrogens is 4. The molecule has 0 spiro atoms. The van der Waals surface area contributed by atoms with Gasteiger partial charge in [-0.1, -0.05) is 48.0 Å².